The number of benzene rings is 2. The third-order valence-electron chi connectivity index (χ3n) is 4.75. The van der Waals surface area contributed by atoms with E-state index in [1.807, 2.05) is 32.0 Å². The van der Waals surface area contributed by atoms with Gasteiger partial charge in [-0.2, -0.15) is 4.98 Å². The van der Waals surface area contributed by atoms with Gasteiger partial charge < -0.3 is 9.42 Å². The molecular weight excluding hydrogens is 352 g/mol. The minimum Gasteiger partial charge on any atom is -0.339 e. The summed E-state index contributed by atoms with van der Waals surface area (Å²) in [6.45, 7) is 4.09. The number of rotatable bonds is 3. The third kappa shape index (κ3) is 3.20. The molecule has 1 fully saturated rings. The van der Waals surface area contributed by atoms with Crippen LogP contribution in [0.4, 0.5) is 14.5 Å². The lowest BCUT2D eigenvalue weighted by Crippen LogP contribution is -2.25. The molecule has 4 rings (SSSR count). The van der Waals surface area contributed by atoms with E-state index in [1.54, 1.807) is 0 Å². The van der Waals surface area contributed by atoms with Crippen LogP contribution in [0, 0.1) is 25.5 Å². The van der Waals surface area contributed by atoms with Gasteiger partial charge in [0.2, 0.25) is 17.6 Å². The maximum Gasteiger partial charge on any atom is 0.232 e. The molecular formula is C20H17F2N3O2. The van der Waals surface area contributed by atoms with E-state index in [0.29, 0.717) is 11.7 Å². The Morgan fingerprint density at radius 2 is 1.96 bits per heavy atom. The Labute approximate surface area is 154 Å². The number of anilines is 1. The minimum atomic E-state index is -0.646. The fourth-order valence-corrected chi connectivity index (χ4v) is 3.29. The highest BCUT2D eigenvalue weighted by molar-refractivity contribution is 5.96. The minimum absolute atomic E-state index is 0.0724. The van der Waals surface area contributed by atoms with Crippen LogP contribution in [0.15, 0.2) is 40.9 Å². The molecule has 1 atom stereocenters. The first-order valence-corrected chi connectivity index (χ1v) is 8.59. The molecule has 5 nitrogen and oxygen atoms in total. The zero-order chi connectivity index (χ0) is 19.1. The van der Waals surface area contributed by atoms with Gasteiger partial charge in [-0.25, -0.2) is 8.78 Å². The number of carbonyl (C=O) groups excluding carboxylic acids is 1. The molecule has 3 aromatic rings. The van der Waals surface area contributed by atoms with Gasteiger partial charge in [-0.1, -0.05) is 22.9 Å². The number of carbonyl (C=O) groups is 1. The molecule has 0 N–H and O–H groups in total. The summed E-state index contributed by atoms with van der Waals surface area (Å²) in [6.07, 6.45) is 0.102. The van der Waals surface area contributed by atoms with E-state index in [-0.39, 0.29) is 30.5 Å². The molecule has 2 aromatic carbocycles. The predicted molar refractivity (Wildman–Crippen MR) is 95.3 cm³/mol. The molecule has 27 heavy (non-hydrogen) atoms. The van der Waals surface area contributed by atoms with Crippen LogP contribution in [0.25, 0.3) is 11.4 Å². The second kappa shape index (κ2) is 6.57. The van der Waals surface area contributed by atoms with Gasteiger partial charge in [0.1, 0.15) is 11.6 Å². The average molecular weight is 369 g/mol. The molecule has 1 aliphatic heterocycles. The zero-order valence-electron chi connectivity index (χ0n) is 14.9. The quantitative estimate of drug-likeness (QED) is 0.696. The predicted octanol–water partition coefficient (Wildman–Crippen LogP) is 4.15. The maximum atomic E-state index is 14.0. The molecule has 0 radical (unpaired) electrons. The van der Waals surface area contributed by atoms with Gasteiger partial charge in [-0.15, -0.1) is 0 Å². The first kappa shape index (κ1) is 17.3. The summed E-state index contributed by atoms with van der Waals surface area (Å²) in [5.74, 6) is -1.15. The van der Waals surface area contributed by atoms with Gasteiger partial charge in [0.25, 0.3) is 0 Å². The van der Waals surface area contributed by atoms with E-state index in [1.165, 1.54) is 4.90 Å². The maximum absolute atomic E-state index is 14.0. The molecule has 1 unspecified atom stereocenters. The number of hydrogen-bond acceptors (Lipinski definition) is 4. The van der Waals surface area contributed by atoms with Crippen molar-refractivity contribution in [1.29, 1.82) is 0 Å². The van der Waals surface area contributed by atoms with Gasteiger partial charge in [-0.05, 0) is 37.6 Å². The van der Waals surface area contributed by atoms with Crippen molar-refractivity contribution in [2.75, 3.05) is 11.4 Å². The second-order valence-corrected chi connectivity index (χ2v) is 6.78. The van der Waals surface area contributed by atoms with Crippen molar-refractivity contribution >= 4 is 11.6 Å². The first-order valence-electron chi connectivity index (χ1n) is 8.59. The van der Waals surface area contributed by atoms with Gasteiger partial charge >= 0.3 is 0 Å². The van der Waals surface area contributed by atoms with E-state index < -0.39 is 11.6 Å². The number of aryl methyl sites for hydroxylation is 2. The average Bonchev–Trinajstić information content (AvgIpc) is 3.26. The summed E-state index contributed by atoms with van der Waals surface area (Å²) in [7, 11) is 0. The summed E-state index contributed by atoms with van der Waals surface area (Å²) < 4.78 is 32.9. The van der Waals surface area contributed by atoms with Crippen LogP contribution >= 0.6 is 0 Å². The van der Waals surface area contributed by atoms with Crippen LogP contribution < -0.4 is 4.90 Å². The lowest BCUT2D eigenvalue weighted by Gasteiger charge is -2.16. The summed E-state index contributed by atoms with van der Waals surface area (Å²) in [4.78, 5) is 18.0. The molecule has 7 heteroatoms. The van der Waals surface area contributed by atoms with Gasteiger partial charge in [0, 0.05) is 24.6 Å². The smallest absolute Gasteiger partial charge is 0.232 e. The van der Waals surface area contributed by atoms with Crippen molar-refractivity contribution in [2.24, 2.45) is 0 Å². The largest absolute Gasteiger partial charge is 0.339 e. The monoisotopic (exact) mass is 369 g/mol. The van der Waals surface area contributed by atoms with Crippen molar-refractivity contribution in [3.8, 4) is 11.4 Å². The van der Waals surface area contributed by atoms with Crippen molar-refractivity contribution in [3.63, 3.8) is 0 Å². The van der Waals surface area contributed by atoms with Gasteiger partial charge in [0.05, 0.1) is 11.6 Å². The van der Waals surface area contributed by atoms with Crippen LogP contribution in [-0.4, -0.2) is 22.6 Å². The number of hydrogen-bond donors (Lipinski definition) is 0. The second-order valence-electron chi connectivity index (χ2n) is 6.78. The van der Waals surface area contributed by atoms with Crippen LogP contribution in [0.2, 0.25) is 0 Å². The Morgan fingerprint density at radius 1 is 1.15 bits per heavy atom. The molecule has 2 heterocycles. The van der Waals surface area contributed by atoms with Crippen molar-refractivity contribution in [2.45, 2.75) is 26.2 Å². The lowest BCUT2D eigenvalue weighted by atomic mass is 10.1. The normalized spacial score (nSPS) is 17.0. The molecule has 138 valence electrons. The zero-order valence-corrected chi connectivity index (χ0v) is 14.9. The molecule has 1 saturated heterocycles. The Kier molecular flexibility index (Phi) is 4.22. The molecule has 0 bridgehead atoms. The number of aromatic nitrogens is 2. The van der Waals surface area contributed by atoms with E-state index in [4.69, 9.17) is 4.52 Å². The first-order chi connectivity index (χ1) is 12.9. The highest BCUT2D eigenvalue weighted by Crippen LogP contribution is 2.33. The fraction of sp³-hybridized carbons (Fsp3) is 0.250. The van der Waals surface area contributed by atoms with Crippen molar-refractivity contribution in [1.82, 2.24) is 10.1 Å². The summed E-state index contributed by atoms with van der Waals surface area (Å²) in [6, 6.07) is 9.00. The van der Waals surface area contributed by atoms with E-state index in [0.717, 1.165) is 34.9 Å². The Bertz CT molecular complexity index is 1030. The Balaban J connectivity index is 1.61. The molecule has 1 amide bonds. The van der Waals surface area contributed by atoms with Crippen LogP contribution in [0.3, 0.4) is 0 Å². The molecule has 0 saturated carbocycles. The standard InChI is InChI=1S/C20H17F2N3O2/c1-11-3-4-12(2)15(7-11)19-23-20(27-24-19)13-8-18(26)25(10-13)17-9-14(21)5-6-16(17)22/h3-7,9,13H,8,10H2,1-2H3. The number of nitrogens with zero attached hydrogens (tertiary/aromatic N) is 3. The number of halogens is 2. The Hall–Kier alpha value is -3.09. The molecule has 1 aromatic heterocycles. The summed E-state index contributed by atoms with van der Waals surface area (Å²) >= 11 is 0. The van der Waals surface area contributed by atoms with Gasteiger partial charge in [0.15, 0.2) is 0 Å². The fourth-order valence-electron chi connectivity index (χ4n) is 3.29. The van der Waals surface area contributed by atoms with Crippen LogP contribution in [-0.2, 0) is 4.79 Å². The van der Waals surface area contributed by atoms with Crippen LogP contribution in [0.5, 0.6) is 0 Å². The Morgan fingerprint density at radius 3 is 2.78 bits per heavy atom. The van der Waals surface area contributed by atoms with Crippen molar-refractivity contribution < 1.29 is 18.1 Å². The topological polar surface area (TPSA) is 59.2 Å². The molecule has 1 aliphatic rings. The lowest BCUT2D eigenvalue weighted by molar-refractivity contribution is -0.117. The van der Waals surface area contributed by atoms with Gasteiger partial charge in [-0.3, -0.25) is 4.79 Å². The molecule has 0 spiro atoms. The SMILES string of the molecule is Cc1ccc(C)c(-c2noc(C3CC(=O)N(c4cc(F)ccc4F)C3)n2)c1. The molecule has 0 aliphatic carbocycles. The third-order valence-corrected chi connectivity index (χ3v) is 4.75. The van der Waals surface area contributed by atoms with E-state index in [2.05, 4.69) is 10.1 Å². The highest BCUT2D eigenvalue weighted by atomic mass is 19.1. The summed E-state index contributed by atoms with van der Waals surface area (Å²) in [5, 5.41) is 4.04. The number of amides is 1. The highest BCUT2D eigenvalue weighted by Gasteiger charge is 2.36. The van der Waals surface area contributed by atoms with Crippen molar-refractivity contribution in [3.05, 3.63) is 65.1 Å². The van der Waals surface area contributed by atoms with Crippen LogP contribution in [0.1, 0.15) is 29.4 Å². The van der Waals surface area contributed by atoms with E-state index in [9.17, 15) is 13.6 Å². The summed E-state index contributed by atoms with van der Waals surface area (Å²) in [5.41, 5.74) is 2.88. The van der Waals surface area contributed by atoms with E-state index >= 15 is 0 Å².